The van der Waals surface area contributed by atoms with Gasteiger partial charge >= 0.3 is 0 Å². The summed E-state index contributed by atoms with van der Waals surface area (Å²) in [6, 6.07) is 3.69. The maximum atomic E-state index is 13.1. The van der Waals surface area contributed by atoms with Crippen molar-refractivity contribution in [1.82, 2.24) is 14.9 Å². The first-order chi connectivity index (χ1) is 11.3. The third-order valence-electron chi connectivity index (χ3n) is 3.77. The van der Waals surface area contributed by atoms with Crippen LogP contribution in [-0.4, -0.2) is 26.9 Å². The van der Waals surface area contributed by atoms with Gasteiger partial charge in [-0.3, -0.25) is 9.59 Å². The highest BCUT2D eigenvalue weighted by Gasteiger charge is 2.31. The van der Waals surface area contributed by atoms with E-state index in [9.17, 15) is 14.0 Å². The van der Waals surface area contributed by atoms with E-state index < -0.39 is 11.9 Å². The number of aromatic nitrogens is 2. The Labute approximate surface area is 142 Å². The molecule has 0 saturated carbocycles. The summed E-state index contributed by atoms with van der Waals surface area (Å²) < 4.78 is 18.6. The van der Waals surface area contributed by atoms with Crippen LogP contribution in [-0.2, 0) is 17.9 Å². The molecule has 6 nitrogen and oxygen atoms in total. The van der Waals surface area contributed by atoms with Crippen molar-refractivity contribution in [1.29, 1.82) is 0 Å². The highest BCUT2D eigenvalue weighted by molar-refractivity contribution is 6.32. The average molecular weight is 352 g/mol. The normalized spacial score (nSPS) is 14.4. The van der Waals surface area contributed by atoms with Gasteiger partial charge in [0.05, 0.1) is 29.4 Å². The van der Waals surface area contributed by atoms with Gasteiger partial charge in [0.25, 0.3) is 11.5 Å². The Balaban J connectivity index is 1.73. The lowest BCUT2D eigenvalue weighted by atomic mass is 10.3. The smallest absolute Gasteiger partial charge is 0.264 e. The molecule has 2 heterocycles. The fourth-order valence-corrected chi connectivity index (χ4v) is 2.83. The number of fused-ring (bicyclic) bond motifs is 1. The first kappa shape index (κ1) is 16.4. The van der Waals surface area contributed by atoms with E-state index >= 15 is 0 Å². The minimum atomic E-state index is -0.831. The van der Waals surface area contributed by atoms with Crippen LogP contribution in [0.15, 0.2) is 23.0 Å². The first-order valence-electron chi connectivity index (χ1n) is 7.34. The number of carbonyl (C=O) groups excluding carboxylic acids is 1. The largest absolute Gasteiger partial charge is 0.479 e. The molecule has 126 valence electrons. The summed E-state index contributed by atoms with van der Waals surface area (Å²) >= 11 is 5.90. The van der Waals surface area contributed by atoms with Crippen LogP contribution >= 0.6 is 11.6 Å². The third kappa shape index (κ3) is 3.12. The van der Waals surface area contributed by atoms with Crippen LogP contribution < -0.4 is 10.3 Å². The van der Waals surface area contributed by atoms with Crippen LogP contribution in [0.4, 0.5) is 4.39 Å². The zero-order chi connectivity index (χ0) is 17.4. The van der Waals surface area contributed by atoms with Gasteiger partial charge in [-0.1, -0.05) is 11.6 Å². The molecule has 0 saturated heterocycles. The highest BCUT2D eigenvalue weighted by Crippen LogP contribution is 2.27. The molecule has 1 atom stereocenters. The lowest BCUT2D eigenvalue weighted by Crippen LogP contribution is -2.37. The third-order valence-corrected chi connectivity index (χ3v) is 4.06. The number of aromatic amines is 1. The van der Waals surface area contributed by atoms with E-state index in [1.807, 2.05) is 0 Å². The molecule has 1 N–H and O–H groups in total. The lowest BCUT2D eigenvalue weighted by molar-refractivity contribution is -0.138. The summed E-state index contributed by atoms with van der Waals surface area (Å²) in [6.07, 6.45) is -0.831. The van der Waals surface area contributed by atoms with Crippen molar-refractivity contribution in [2.75, 3.05) is 0 Å². The van der Waals surface area contributed by atoms with Gasteiger partial charge in [-0.05, 0) is 32.0 Å². The lowest BCUT2D eigenvalue weighted by Gasteiger charge is -2.21. The second-order valence-electron chi connectivity index (χ2n) is 5.61. The number of hydrogen-bond acceptors (Lipinski definition) is 4. The summed E-state index contributed by atoms with van der Waals surface area (Å²) in [6.45, 7) is 3.70. The number of amides is 1. The number of nitrogens with one attached hydrogen (secondary N) is 1. The predicted octanol–water partition coefficient (Wildman–Crippen LogP) is 2.18. The second-order valence-corrected chi connectivity index (χ2v) is 6.01. The zero-order valence-corrected chi connectivity index (χ0v) is 13.9. The first-order valence-corrected chi connectivity index (χ1v) is 7.72. The number of aryl methyl sites for hydroxylation is 1. The van der Waals surface area contributed by atoms with Gasteiger partial charge in [-0.2, -0.15) is 0 Å². The summed E-state index contributed by atoms with van der Waals surface area (Å²) in [5, 5.41) is 0.0908. The van der Waals surface area contributed by atoms with Crippen LogP contribution in [0.25, 0.3) is 0 Å². The Bertz CT molecular complexity index is 868. The van der Waals surface area contributed by atoms with Gasteiger partial charge in [0.1, 0.15) is 17.4 Å². The van der Waals surface area contributed by atoms with Crippen molar-refractivity contribution in [3.63, 3.8) is 0 Å². The Morgan fingerprint density at radius 3 is 2.92 bits per heavy atom. The van der Waals surface area contributed by atoms with E-state index in [2.05, 4.69) is 9.97 Å². The molecule has 0 spiro atoms. The van der Waals surface area contributed by atoms with Crippen LogP contribution in [0.2, 0.25) is 5.02 Å². The number of rotatable bonds is 3. The number of nitrogens with zero attached hydrogens (tertiary/aromatic N) is 2. The molecule has 3 rings (SSSR count). The van der Waals surface area contributed by atoms with Crippen molar-refractivity contribution < 1.29 is 13.9 Å². The molecule has 1 aliphatic rings. The van der Waals surface area contributed by atoms with E-state index in [0.29, 0.717) is 17.1 Å². The van der Waals surface area contributed by atoms with Crippen LogP contribution in [0.3, 0.4) is 0 Å². The van der Waals surface area contributed by atoms with Gasteiger partial charge in [0, 0.05) is 0 Å². The van der Waals surface area contributed by atoms with Crippen molar-refractivity contribution in [3.05, 3.63) is 56.5 Å². The van der Waals surface area contributed by atoms with Crippen LogP contribution in [0.1, 0.15) is 24.0 Å². The Morgan fingerprint density at radius 1 is 1.46 bits per heavy atom. The molecule has 24 heavy (non-hydrogen) atoms. The Morgan fingerprint density at radius 2 is 2.21 bits per heavy atom. The molecule has 0 fully saturated rings. The van der Waals surface area contributed by atoms with Gasteiger partial charge in [0.15, 0.2) is 6.10 Å². The van der Waals surface area contributed by atoms with Gasteiger partial charge in [-0.15, -0.1) is 0 Å². The molecular weight excluding hydrogens is 337 g/mol. The van der Waals surface area contributed by atoms with Crippen molar-refractivity contribution in [2.24, 2.45) is 0 Å². The fraction of sp³-hybridized carbons (Fsp3) is 0.312. The minimum absolute atomic E-state index is 0.0908. The topological polar surface area (TPSA) is 75.3 Å². The van der Waals surface area contributed by atoms with E-state index in [-0.39, 0.29) is 35.3 Å². The van der Waals surface area contributed by atoms with E-state index in [1.54, 1.807) is 13.8 Å². The number of hydrogen-bond donors (Lipinski definition) is 1. The molecular formula is C16H15ClFN3O3. The number of carbonyl (C=O) groups is 1. The maximum Gasteiger partial charge on any atom is 0.264 e. The maximum absolute atomic E-state index is 13.1. The molecule has 1 aromatic carbocycles. The van der Waals surface area contributed by atoms with Crippen molar-refractivity contribution in [2.45, 2.75) is 33.0 Å². The number of halogens is 2. The van der Waals surface area contributed by atoms with Gasteiger partial charge in [0.2, 0.25) is 0 Å². The average Bonchev–Trinajstić information content (AvgIpc) is 2.93. The molecule has 0 radical (unpaired) electrons. The molecule has 8 heteroatoms. The van der Waals surface area contributed by atoms with E-state index in [4.69, 9.17) is 16.3 Å². The van der Waals surface area contributed by atoms with Crippen molar-refractivity contribution >= 4 is 17.5 Å². The van der Waals surface area contributed by atoms with Gasteiger partial charge < -0.3 is 14.6 Å². The summed E-state index contributed by atoms with van der Waals surface area (Å²) in [7, 11) is 0. The zero-order valence-electron chi connectivity index (χ0n) is 13.1. The Kier molecular flexibility index (Phi) is 4.28. The fourth-order valence-electron chi connectivity index (χ4n) is 2.61. The molecule has 0 bridgehead atoms. The number of ether oxygens (including phenoxy) is 1. The Hall–Kier alpha value is -2.41. The number of H-pyrrole nitrogens is 1. The minimum Gasteiger partial charge on any atom is -0.479 e. The summed E-state index contributed by atoms with van der Waals surface area (Å²) in [5.74, 6) is -0.0506. The second kappa shape index (κ2) is 6.24. The summed E-state index contributed by atoms with van der Waals surface area (Å²) in [5.41, 5.74) is 0.848. The molecule has 0 aliphatic carbocycles. The SMILES string of the molecule is Cc1nc2c(c(=O)[nH]1)CN(C(=O)[C@@H](C)Oc1ccc(F)cc1Cl)C2. The quantitative estimate of drug-likeness (QED) is 0.919. The molecule has 1 amide bonds. The van der Waals surface area contributed by atoms with Crippen molar-refractivity contribution in [3.8, 4) is 5.75 Å². The van der Waals surface area contributed by atoms with Crippen LogP contribution in [0.5, 0.6) is 5.75 Å². The molecule has 0 unspecified atom stereocenters. The molecule has 1 aromatic heterocycles. The summed E-state index contributed by atoms with van der Waals surface area (Å²) in [4.78, 5) is 32.8. The van der Waals surface area contributed by atoms with Crippen LogP contribution in [0, 0.1) is 12.7 Å². The predicted molar refractivity (Wildman–Crippen MR) is 85.3 cm³/mol. The monoisotopic (exact) mass is 351 g/mol. The van der Waals surface area contributed by atoms with E-state index in [1.165, 1.54) is 17.0 Å². The standard InChI is InChI=1S/C16H15ClFN3O3/c1-8(24-14-4-3-10(18)5-12(14)17)16(23)21-6-11-13(7-21)19-9(2)20-15(11)22/h3-5,8H,6-7H2,1-2H3,(H,19,20,22)/t8-/m1/s1. The van der Waals surface area contributed by atoms with E-state index in [0.717, 1.165) is 6.07 Å². The number of benzene rings is 1. The van der Waals surface area contributed by atoms with Gasteiger partial charge in [-0.25, -0.2) is 9.37 Å². The molecule has 2 aromatic rings. The molecule has 1 aliphatic heterocycles. The highest BCUT2D eigenvalue weighted by atomic mass is 35.5.